The van der Waals surface area contributed by atoms with Gasteiger partial charge in [0.1, 0.15) is 5.75 Å². The molecular formula is C12H17Cl2NO. The van der Waals surface area contributed by atoms with E-state index in [0.29, 0.717) is 5.88 Å². The van der Waals surface area contributed by atoms with Gasteiger partial charge in [-0.2, -0.15) is 0 Å². The van der Waals surface area contributed by atoms with Crippen molar-refractivity contribution in [2.45, 2.75) is 13.8 Å². The molecule has 0 aliphatic heterocycles. The second-order valence-electron chi connectivity index (χ2n) is 3.79. The topological polar surface area (TPSA) is 12.5 Å². The molecule has 0 aromatic heterocycles. The largest absolute Gasteiger partial charge is 0.495 e. The van der Waals surface area contributed by atoms with Gasteiger partial charge < -0.3 is 9.64 Å². The quantitative estimate of drug-likeness (QED) is 0.768. The van der Waals surface area contributed by atoms with Gasteiger partial charge in [0.15, 0.2) is 0 Å². The number of ether oxygens (including phenoxy) is 1. The number of hydrogen-bond donors (Lipinski definition) is 0. The molecule has 0 saturated carbocycles. The number of aryl methyl sites for hydroxylation is 1. The maximum atomic E-state index is 6.24. The summed E-state index contributed by atoms with van der Waals surface area (Å²) in [7, 11) is 3.65. The molecule has 0 bridgehead atoms. The number of benzene rings is 1. The van der Waals surface area contributed by atoms with Crippen LogP contribution in [0.3, 0.4) is 0 Å². The highest BCUT2D eigenvalue weighted by atomic mass is 35.5. The molecule has 0 atom stereocenters. The van der Waals surface area contributed by atoms with E-state index in [4.69, 9.17) is 27.9 Å². The number of hydrogen-bond acceptors (Lipinski definition) is 2. The average Bonchev–Trinajstić information content (AvgIpc) is 2.25. The third-order valence-electron chi connectivity index (χ3n) is 2.63. The lowest BCUT2D eigenvalue weighted by molar-refractivity contribution is 0.414. The lowest BCUT2D eigenvalue weighted by Gasteiger charge is -2.24. The molecular weight excluding hydrogens is 245 g/mol. The molecule has 1 aromatic rings. The van der Waals surface area contributed by atoms with E-state index >= 15 is 0 Å². The van der Waals surface area contributed by atoms with Crippen LogP contribution in [-0.2, 0) is 0 Å². The molecule has 2 nitrogen and oxygen atoms in total. The Labute approximate surface area is 107 Å². The second kappa shape index (κ2) is 5.65. The van der Waals surface area contributed by atoms with Gasteiger partial charge in [-0.25, -0.2) is 0 Å². The van der Waals surface area contributed by atoms with Crippen molar-refractivity contribution in [1.82, 2.24) is 0 Å². The Hall–Kier alpha value is -0.600. The first-order chi connectivity index (χ1) is 7.52. The molecule has 0 aliphatic carbocycles. The van der Waals surface area contributed by atoms with Crippen LogP contribution in [0.25, 0.3) is 0 Å². The molecule has 0 spiro atoms. The Balaban J connectivity index is 3.29. The van der Waals surface area contributed by atoms with Gasteiger partial charge >= 0.3 is 0 Å². The van der Waals surface area contributed by atoms with Gasteiger partial charge in [0.05, 0.1) is 12.8 Å². The zero-order chi connectivity index (χ0) is 12.3. The van der Waals surface area contributed by atoms with Gasteiger partial charge in [0.2, 0.25) is 0 Å². The van der Waals surface area contributed by atoms with Crippen LogP contribution >= 0.6 is 23.2 Å². The lowest BCUT2D eigenvalue weighted by Crippen LogP contribution is -2.21. The SMILES string of the molecule is COc1cc(C)c(Cl)c(C)c1N(C)CCCl. The third-order valence-corrected chi connectivity index (χ3v) is 3.38. The summed E-state index contributed by atoms with van der Waals surface area (Å²) in [5.74, 6) is 1.41. The summed E-state index contributed by atoms with van der Waals surface area (Å²) in [5, 5.41) is 0.789. The molecule has 0 saturated heterocycles. The minimum atomic E-state index is 0.574. The first-order valence-electron chi connectivity index (χ1n) is 5.13. The van der Waals surface area contributed by atoms with Crippen LogP contribution in [0.2, 0.25) is 5.02 Å². The van der Waals surface area contributed by atoms with Crippen molar-refractivity contribution in [3.05, 3.63) is 22.2 Å². The smallest absolute Gasteiger partial charge is 0.142 e. The van der Waals surface area contributed by atoms with Crippen LogP contribution in [0.5, 0.6) is 5.75 Å². The van der Waals surface area contributed by atoms with Crippen molar-refractivity contribution < 1.29 is 4.74 Å². The molecule has 0 aliphatic rings. The molecule has 90 valence electrons. The summed E-state index contributed by atoms with van der Waals surface area (Å²) in [6.07, 6.45) is 0. The Kier molecular flexibility index (Phi) is 4.75. The maximum Gasteiger partial charge on any atom is 0.142 e. The number of nitrogens with zero attached hydrogens (tertiary/aromatic N) is 1. The summed E-state index contributed by atoms with van der Waals surface area (Å²) in [5.41, 5.74) is 3.07. The van der Waals surface area contributed by atoms with Crippen LogP contribution in [-0.4, -0.2) is 26.6 Å². The third kappa shape index (κ3) is 2.55. The van der Waals surface area contributed by atoms with Gasteiger partial charge in [0, 0.05) is 24.5 Å². The van der Waals surface area contributed by atoms with Crippen molar-refractivity contribution in [3.8, 4) is 5.75 Å². The zero-order valence-electron chi connectivity index (χ0n) is 10.1. The van der Waals surface area contributed by atoms with Crippen molar-refractivity contribution in [3.63, 3.8) is 0 Å². The number of anilines is 1. The number of halogens is 2. The number of alkyl halides is 1. The summed E-state index contributed by atoms with van der Waals surface area (Å²) >= 11 is 12.0. The summed E-state index contributed by atoms with van der Waals surface area (Å²) < 4.78 is 5.39. The zero-order valence-corrected chi connectivity index (χ0v) is 11.6. The van der Waals surface area contributed by atoms with E-state index in [1.54, 1.807) is 7.11 Å². The predicted octanol–water partition coefficient (Wildman–Crippen LogP) is 3.64. The first-order valence-corrected chi connectivity index (χ1v) is 6.05. The van der Waals surface area contributed by atoms with Gasteiger partial charge in [-0.15, -0.1) is 11.6 Å². The molecule has 0 unspecified atom stereocenters. The lowest BCUT2D eigenvalue weighted by atomic mass is 10.1. The van der Waals surface area contributed by atoms with Crippen molar-refractivity contribution in [2.24, 2.45) is 0 Å². The van der Waals surface area contributed by atoms with E-state index in [1.165, 1.54) is 0 Å². The van der Waals surface area contributed by atoms with Gasteiger partial charge in [-0.3, -0.25) is 0 Å². The Morgan fingerprint density at radius 1 is 1.38 bits per heavy atom. The van der Waals surface area contributed by atoms with E-state index in [0.717, 1.165) is 34.1 Å². The van der Waals surface area contributed by atoms with Crippen LogP contribution in [0.1, 0.15) is 11.1 Å². The standard InChI is InChI=1S/C12H17Cl2NO/c1-8-7-10(16-4)12(9(2)11(8)14)15(3)6-5-13/h7H,5-6H2,1-4H3. The highest BCUT2D eigenvalue weighted by molar-refractivity contribution is 6.32. The Bertz CT molecular complexity index is 380. The molecule has 16 heavy (non-hydrogen) atoms. The molecule has 0 N–H and O–H groups in total. The first kappa shape index (κ1) is 13.5. The van der Waals surface area contributed by atoms with Crippen LogP contribution in [0.15, 0.2) is 6.07 Å². The van der Waals surface area contributed by atoms with E-state index in [1.807, 2.05) is 27.0 Å². The molecule has 1 rings (SSSR count). The summed E-state index contributed by atoms with van der Waals surface area (Å²) in [6.45, 7) is 4.74. The summed E-state index contributed by atoms with van der Waals surface area (Å²) in [6, 6.07) is 1.95. The van der Waals surface area contributed by atoms with Crippen molar-refractivity contribution in [2.75, 3.05) is 31.5 Å². The fourth-order valence-electron chi connectivity index (χ4n) is 1.78. The molecule has 0 radical (unpaired) electrons. The molecule has 0 amide bonds. The fourth-order valence-corrected chi connectivity index (χ4v) is 2.18. The number of rotatable bonds is 4. The van der Waals surface area contributed by atoms with Crippen molar-refractivity contribution >= 4 is 28.9 Å². The normalized spacial score (nSPS) is 10.4. The van der Waals surface area contributed by atoms with Crippen LogP contribution in [0.4, 0.5) is 5.69 Å². The van der Waals surface area contributed by atoms with Gasteiger partial charge in [0.25, 0.3) is 0 Å². The van der Waals surface area contributed by atoms with Crippen LogP contribution in [0, 0.1) is 13.8 Å². The maximum absolute atomic E-state index is 6.24. The van der Waals surface area contributed by atoms with E-state index in [9.17, 15) is 0 Å². The number of methoxy groups -OCH3 is 1. The van der Waals surface area contributed by atoms with Gasteiger partial charge in [-0.1, -0.05) is 11.6 Å². The highest BCUT2D eigenvalue weighted by Crippen LogP contribution is 2.37. The molecule has 4 heteroatoms. The molecule has 0 fully saturated rings. The van der Waals surface area contributed by atoms with E-state index in [2.05, 4.69) is 4.90 Å². The highest BCUT2D eigenvalue weighted by Gasteiger charge is 2.15. The molecule has 1 aromatic carbocycles. The minimum absolute atomic E-state index is 0.574. The fraction of sp³-hybridized carbons (Fsp3) is 0.500. The van der Waals surface area contributed by atoms with Gasteiger partial charge in [-0.05, 0) is 31.0 Å². The average molecular weight is 262 g/mol. The minimum Gasteiger partial charge on any atom is -0.495 e. The Morgan fingerprint density at radius 3 is 2.50 bits per heavy atom. The van der Waals surface area contributed by atoms with Crippen molar-refractivity contribution in [1.29, 1.82) is 0 Å². The van der Waals surface area contributed by atoms with E-state index in [-0.39, 0.29) is 0 Å². The Morgan fingerprint density at radius 2 is 2.00 bits per heavy atom. The molecule has 0 heterocycles. The second-order valence-corrected chi connectivity index (χ2v) is 4.55. The predicted molar refractivity (Wildman–Crippen MR) is 71.5 cm³/mol. The summed E-state index contributed by atoms with van der Waals surface area (Å²) in [4.78, 5) is 2.06. The van der Waals surface area contributed by atoms with E-state index < -0.39 is 0 Å². The monoisotopic (exact) mass is 261 g/mol. The van der Waals surface area contributed by atoms with Crippen LogP contribution < -0.4 is 9.64 Å².